The van der Waals surface area contributed by atoms with Crippen molar-refractivity contribution in [1.29, 1.82) is 0 Å². The fourth-order valence-corrected chi connectivity index (χ4v) is 2.29. The topological polar surface area (TPSA) is 70.7 Å². The van der Waals surface area contributed by atoms with Crippen molar-refractivity contribution in [2.75, 3.05) is 45.7 Å². The van der Waals surface area contributed by atoms with Gasteiger partial charge in [0.25, 0.3) is 0 Å². The van der Waals surface area contributed by atoms with Crippen molar-refractivity contribution in [3.63, 3.8) is 0 Å². The Labute approximate surface area is 154 Å². The zero-order valence-electron chi connectivity index (χ0n) is 14.5. The quantitative estimate of drug-likeness (QED) is 0.630. The Bertz CT molecular complexity index is 626. The summed E-state index contributed by atoms with van der Waals surface area (Å²) in [6.45, 7) is 0.807. The summed E-state index contributed by atoms with van der Waals surface area (Å²) in [7, 11) is 3.11. The number of carbonyl (C=O) groups is 2. The van der Waals surface area contributed by atoms with Crippen molar-refractivity contribution in [3.05, 3.63) is 28.8 Å². The van der Waals surface area contributed by atoms with Gasteiger partial charge in [-0.25, -0.2) is 0 Å². The number of nitrogens with one attached hydrogen (secondary N) is 2. The minimum atomic E-state index is -4.62. The molecule has 1 rings (SSSR count). The molecule has 0 fully saturated rings. The van der Waals surface area contributed by atoms with Crippen LogP contribution in [0.5, 0.6) is 0 Å². The first-order valence-corrected chi connectivity index (χ1v) is 8.12. The molecule has 6 nitrogen and oxygen atoms in total. The van der Waals surface area contributed by atoms with Crippen LogP contribution in [0, 0.1) is 0 Å². The summed E-state index contributed by atoms with van der Waals surface area (Å²) in [6.07, 6.45) is -3.94. The van der Waals surface area contributed by atoms with E-state index in [0.29, 0.717) is 19.6 Å². The summed E-state index contributed by atoms with van der Waals surface area (Å²) in [6, 6.07) is 3.11. The zero-order chi connectivity index (χ0) is 19.7. The molecule has 0 aliphatic rings. The molecule has 0 aliphatic carbocycles. The number of benzene rings is 1. The maximum atomic E-state index is 12.8. The Morgan fingerprint density at radius 2 is 1.88 bits per heavy atom. The molecule has 1 aromatic carbocycles. The van der Waals surface area contributed by atoms with Crippen LogP contribution in [0.4, 0.5) is 18.9 Å². The highest BCUT2D eigenvalue weighted by molar-refractivity contribution is 6.31. The number of methoxy groups -OCH3 is 1. The smallest absolute Gasteiger partial charge is 0.385 e. The highest BCUT2D eigenvalue weighted by Crippen LogP contribution is 2.36. The van der Waals surface area contributed by atoms with E-state index in [-0.39, 0.29) is 24.7 Å². The number of anilines is 1. The van der Waals surface area contributed by atoms with Crippen molar-refractivity contribution in [3.8, 4) is 0 Å². The van der Waals surface area contributed by atoms with Crippen LogP contribution >= 0.6 is 11.6 Å². The molecule has 0 spiro atoms. The van der Waals surface area contributed by atoms with Crippen LogP contribution in [0.25, 0.3) is 0 Å². The fourth-order valence-electron chi connectivity index (χ4n) is 2.07. The van der Waals surface area contributed by atoms with E-state index in [1.165, 1.54) is 11.0 Å². The number of likely N-dealkylation sites (N-methyl/N-ethyl adjacent to an activating group) is 1. The molecule has 1 aromatic rings. The molecule has 0 saturated heterocycles. The first-order chi connectivity index (χ1) is 12.1. The van der Waals surface area contributed by atoms with E-state index >= 15 is 0 Å². The first-order valence-electron chi connectivity index (χ1n) is 7.74. The van der Waals surface area contributed by atoms with Crippen LogP contribution in [0.3, 0.4) is 0 Å². The number of rotatable bonds is 9. The number of hydrogen-bond donors (Lipinski definition) is 2. The maximum absolute atomic E-state index is 12.8. The minimum Gasteiger partial charge on any atom is -0.385 e. The van der Waals surface area contributed by atoms with Gasteiger partial charge < -0.3 is 15.4 Å². The molecule has 10 heteroatoms. The van der Waals surface area contributed by atoms with Gasteiger partial charge in [0, 0.05) is 25.9 Å². The number of nitrogens with zero attached hydrogens (tertiary/aromatic N) is 1. The van der Waals surface area contributed by atoms with Gasteiger partial charge in [0.15, 0.2) is 0 Å². The standard InChI is InChI=1S/C16H21ClF3N3O3/c1-23(9-14(24)21-6-3-7-26-2)10-15(25)22-11-4-5-13(17)12(8-11)16(18,19)20/h4-5,8H,3,6-7,9-10H2,1-2H3,(H,21,24)(H,22,25). The van der Waals surface area contributed by atoms with Gasteiger partial charge in [0.05, 0.1) is 23.7 Å². The number of halogens is 4. The number of ether oxygens (including phenoxy) is 1. The van der Waals surface area contributed by atoms with E-state index in [4.69, 9.17) is 16.3 Å². The average Bonchev–Trinajstić information content (AvgIpc) is 2.52. The third-order valence-electron chi connectivity index (χ3n) is 3.23. The van der Waals surface area contributed by atoms with Crippen molar-refractivity contribution in [1.82, 2.24) is 10.2 Å². The Balaban J connectivity index is 2.50. The Kier molecular flexibility index (Phi) is 8.83. The average molecular weight is 396 g/mol. The van der Waals surface area contributed by atoms with Crippen LogP contribution in [0.1, 0.15) is 12.0 Å². The van der Waals surface area contributed by atoms with E-state index in [0.717, 1.165) is 12.1 Å². The molecule has 0 bridgehead atoms. The van der Waals surface area contributed by atoms with Crippen molar-refractivity contribution in [2.45, 2.75) is 12.6 Å². The summed E-state index contributed by atoms with van der Waals surface area (Å²) in [4.78, 5) is 25.1. The molecular formula is C16H21ClF3N3O3. The molecule has 146 valence electrons. The second-order valence-electron chi connectivity index (χ2n) is 5.61. The minimum absolute atomic E-state index is 0.0190. The lowest BCUT2D eigenvalue weighted by Crippen LogP contribution is -2.39. The summed E-state index contributed by atoms with van der Waals surface area (Å²) >= 11 is 5.53. The summed E-state index contributed by atoms with van der Waals surface area (Å²) in [5.41, 5.74) is -1.05. The highest BCUT2D eigenvalue weighted by atomic mass is 35.5. The normalized spacial score (nSPS) is 11.5. The lowest BCUT2D eigenvalue weighted by molar-refractivity contribution is -0.137. The van der Waals surface area contributed by atoms with Gasteiger partial charge >= 0.3 is 6.18 Å². The van der Waals surface area contributed by atoms with E-state index in [9.17, 15) is 22.8 Å². The summed E-state index contributed by atoms with van der Waals surface area (Å²) < 4.78 is 43.3. The second-order valence-corrected chi connectivity index (χ2v) is 6.02. The lowest BCUT2D eigenvalue weighted by Gasteiger charge is -2.16. The van der Waals surface area contributed by atoms with E-state index < -0.39 is 22.7 Å². The van der Waals surface area contributed by atoms with E-state index in [1.807, 2.05) is 0 Å². The van der Waals surface area contributed by atoms with Crippen molar-refractivity contribution in [2.24, 2.45) is 0 Å². The van der Waals surface area contributed by atoms with E-state index in [1.54, 1.807) is 14.2 Å². The van der Waals surface area contributed by atoms with Crippen LogP contribution in [0.15, 0.2) is 18.2 Å². The SMILES string of the molecule is COCCCNC(=O)CN(C)CC(=O)Nc1ccc(Cl)c(C(F)(F)F)c1. The van der Waals surface area contributed by atoms with Gasteiger partial charge in [-0.3, -0.25) is 14.5 Å². The largest absolute Gasteiger partial charge is 0.417 e. The molecule has 0 heterocycles. The monoisotopic (exact) mass is 395 g/mol. The zero-order valence-corrected chi connectivity index (χ0v) is 15.2. The maximum Gasteiger partial charge on any atom is 0.417 e. The Morgan fingerprint density at radius 3 is 2.50 bits per heavy atom. The van der Waals surface area contributed by atoms with Crippen LogP contribution in [0.2, 0.25) is 5.02 Å². The molecule has 0 saturated carbocycles. The predicted octanol–water partition coefficient (Wildman–Crippen LogP) is 2.38. The van der Waals surface area contributed by atoms with Crippen molar-refractivity contribution < 1.29 is 27.5 Å². The molecule has 26 heavy (non-hydrogen) atoms. The Morgan fingerprint density at radius 1 is 1.23 bits per heavy atom. The molecule has 2 N–H and O–H groups in total. The summed E-state index contributed by atoms with van der Waals surface area (Å²) in [5.74, 6) is -0.808. The predicted molar refractivity (Wildman–Crippen MR) is 92.1 cm³/mol. The molecule has 0 radical (unpaired) electrons. The van der Waals surface area contributed by atoms with Crippen LogP contribution in [-0.4, -0.2) is 57.1 Å². The van der Waals surface area contributed by atoms with Gasteiger partial charge in [0.1, 0.15) is 0 Å². The van der Waals surface area contributed by atoms with Crippen LogP contribution in [-0.2, 0) is 20.5 Å². The van der Waals surface area contributed by atoms with Gasteiger partial charge in [-0.1, -0.05) is 11.6 Å². The molecule has 2 amide bonds. The molecule has 0 unspecified atom stereocenters. The number of amides is 2. The molecule has 0 aromatic heterocycles. The van der Waals surface area contributed by atoms with Gasteiger partial charge in [-0.15, -0.1) is 0 Å². The molecule has 0 atom stereocenters. The number of hydrogen-bond acceptors (Lipinski definition) is 4. The second kappa shape index (κ2) is 10.3. The fraction of sp³-hybridized carbons (Fsp3) is 0.500. The third-order valence-corrected chi connectivity index (χ3v) is 3.56. The Hall–Kier alpha value is -1.84. The van der Waals surface area contributed by atoms with Gasteiger partial charge in [-0.2, -0.15) is 13.2 Å². The van der Waals surface area contributed by atoms with Crippen LogP contribution < -0.4 is 10.6 Å². The number of carbonyl (C=O) groups excluding carboxylic acids is 2. The van der Waals surface area contributed by atoms with Gasteiger partial charge in [-0.05, 0) is 31.7 Å². The first kappa shape index (κ1) is 22.2. The summed E-state index contributed by atoms with van der Waals surface area (Å²) in [5, 5.41) is 4.58. The number of alkyl halides is 3. The third kappa shape index (κ3) is 8.03. The molecular weight excluding hydrogens is 375 g/mol. The lowest BCUT2D eigenvalue weighted by atomic mass is 10.2. The van der Waals surface area contributed by atoms with Gasteiger partial charge in [0.2, 0.25) is 11.8 Å². The van der Waals surface area contributed by atoms with Crippen molar-refractivity contribution >= 4 is 29.1 Å². The highest BCUT2D eigenvalue weighted by Gasteiger charge is 2.33. The van der Waals surface area contributed by atoms with E-state index in [2.05, 4.69) is 10.6 Å². The molecule has 0 aliphatic heterocycles.